The van der Waals surface area contributed by atoms with E-state index in [-0.39, 0.29) is 31.1 Å². The van der Waals surface area contributed by atoms with Crippen LogP contribution in [0.1, 0.15) is 361 Å². The van der Waals surface area contributed by atoms with Crippen LogP contribution in [0.4, 0.5) is 0 Å². The highest BCUT2D eigenvalue weighted by molar-refractivity contribution is 5.71. The van der Waals surface area contributed by atoms with E-state index in [4.69, 9.17) is 14.2 Å². The molecule has 1 unspecified atom stereocenters. The molecular weight excluding hydrogens is 865 g/mol. The predicted octanol–water partition coefficient (Wildman–Crippen LogP) is 21.3. The number of carbonyl (C=O) groups excluding carboxylic acids is 3. The van der Waals surface area contributed by atoms with Gasteiger partial charge in [-0.25, -0.2) is 0 Å². The highest BCUT2D eigenvalue weighted by Crippen LogP contribution is 2.18. The van der Waals surface area contributed by atoms with Gasteiger partial charge in [-0.15, -0.1) is 0 Å². The molecule has 0 bridgehead atoms. The van der Waals surface area contributed by atoms with Crippen molar-refractivity contribution in [3.63, 3.8) is 0 Å². The monoisotopic (exact) mass is 987 g/mol. The standard InChI is InChI=1S/C64H122O6/c1-4-7-10-13-16-18-20-22-24-26-27-28-29-30-31-32-33-34-35-36-37-39-40-42-44-46-48-51-54-57-63(66)69-60-61(59-68-62(65)56-53-50-15-12-9-6-3)70-64(67)58-55-52-49-47-45-43-41-38-25-23-21-19-17-14-11-8-5-2/h26-27,61H,4-25,28-60H2,1-3H3/b27-26-. The second-order valence-corrected chi connectivity index (χ2v) is 21.7. The van der Waals surface area contributed by atoms with Crippen LogP contribution in [0.15, 0.2) is 12.2 Å². The Balaban J connectivity index is 3.97. The summed E-state index contributed by atoms with van der Waals surface area (Å²) in [6.07, 6.45) is 69.8. The van der Waals surface area contributed by atoms with Crippen molar-refractivity contribution in [2.75, 3.05) is 13.2 Å². The largest absolute Gasteiger partial charge is 0.462 e. The number of hydrogen-bond acceptors (Lipinski definition) is 6. The smallest absolute Gasteiger partial charge is 0.306 e. The zero-order valence-corrected chi connectivity index (χ0v) is 47.6. The van der Waals surface area contributed by atoms with E-state index in [2.05, 4.69) is 32.9 Å². The first-order valence-corrected chi connectivity index (χ1v) is 31.7. The molecule has 0 spiro atoms. The summed E-state index contributed by atoms with van der Waals surface area (Å²) in [7, 11) is 0. The van der Waals surface area contributed by atoms with Crippen LogP contribution in [-0.2, 0) is 28.6 Å². The van der Waals surface area contributed by atoms with E-state index in [1.54, 1.807) is 0 Å². The summed E-state index contributed by atoms with van der Waals surface area (Å²) in [6, 6.07) is 0. The molecule has 0 N–H and O–H groups in total. The van der Waals surface area contributed by atoms with E-state index < -0.39 is 6.10 Å². The molecule has 0 saturated carbocycles. The Hall–Kier alpha value is -1.85. The molecule has 0 aromatic rings. The average molecular weight is 988 g/mol. The summed E-state index contributed by atoms with van der Waals surface area (Å²) in [5.41, 5.74) is 0. The van der Waals surface area contributed by atoms with Gasteiger partial charge in [-0.2, -0.15) is 0 Å². The van der Waals surface area contributed by atoms with Crippen LogP contribution in [0.5, 0.6) is 0 Å². The summed E-state index contributed by atoms with van der Waals surface area (Å²) in [6.45, 7) is 6.64. The maximum Gasteiger partial charge on any atom is 0.306 e. The average Bonchev–Trinajstić information content (AvgIpc) is 3.36. The Labute approximate surface area is 437 Å². The molecule has 0 aromatic carbocycles. The zero-order chi connectivity index (χ0) is 50.7. The Morgan fingerprint density at radius 2 is 0.471 bits per heavy atom. The summed E-state index contributed by atoms with van der Waals surface area (Å²) in [5, 5.41) is 0. The first kappa shape index (κ1) is 68.2. The van der Waals surface area contributed by atoms with E-state index in [9.17, 15) is 14.4 Å². The Bertz CT molecular complexity index is 1090. The molecular formula is C64H122O6. The lowest BCUT2D eigenvalue weighted by Crippen LogP contribution is -2.30. The molecule has 1 atom stereocenters. The van der Waals surface area contributed by atoms with Crippen LogP contribution < -0.4 is 0 Å². The van der Waals surface area contributed by atoms with E-state index in [0.717, 1.165) is 57.8 Å². The molecule has 70 heavy (non-hydrogen) atoms. The molecule has 0 rings (SSSR count). The Morgan fingerprint density at radius 1 is 0.271 bits per heavy atom. The summed E-state index contributed by atoms with van der Waals surface area (Å²) in [4.78, 5) is 37.9. The maximum absolute atomic E-state index is 12.8. The van der Waals surface area contributed by atoms with Gasteiger partial charge in [0.2, 0.25) is 0 Å². The van der Waals surface area contributed by atoms with Crippen LogP contribution >= 0.6 is 0 Å². The van der Waals surface area contributed by atoms with Crippen molar-refractivity contribution in [1.29, 1.82) is 0 Å². The topological polar surface area (TPSA) is 78.9 Å². The minimum absolute atomic E-state index is 0.0638. The minimum atomic E-state index is -0.762. The molecule has 0 fully saturated rings. The SMILES string of the molecule is CCCCCCCCCC/C=C\CCCCCCCCCCCCCCCCCCCC(=O)OCC(COC(=O)CCCCCCCC)OC(=O)CCCCCCCCCCCCCCCCCCC. The second-order valence-electron chi connectivity index (χ2n) is 21.7. The van der Waals surface area contributed by atoms with Gasteiger partial charge in [-0.05, 0) is 44.9 Å². The van der Waals surface area contributed by atoms with Crippen LogP contribution in [0, 0.1) is 0 Å². The van der Waals surface area contributed by atoms with E-state index >= 15 is 0 Å². The lowest BCUT2D eigenvalue weighted by molar-refractivity contribution is -0.167. The van der Waals surface area contributed by atoms with Gasteiger partial charge in [0.05, 0.1) is 0 Å². The Morgan fingerprint density at radius 3 is 0.714 bits per heavy atom. The van der Waals surface area contributed by atoms with E-state index in [1.807, 2.05) is 0 Å². The quantitative estimate of drug-likeness (QED) is 0.0261. The number of allylic oxidation sites excluding steroid dienone is 2. The molecule has 6 heteroatoms. The van der Waals surface area contributed by atoms with Crippen molar-refractivity contribution >= 4 is 17.9 Å². The van der Waals surface area contributed by atoms with Gasteiger partial charge in [-0.3, -0.25) is 14.4 Å². The molecule has 0 heterocycles. The molecule has 0 aliphatic heterocycles. The number of carbonyl (C=O) groups is 3. The molecule has 414 valence electrons. The molecule has 0 aliphatic rings. The maximum atomic E-state index is 12.8. The van der Waals surface area contributed by atoms with Gasteiger partial charge < -0.3 is 14.2 Å². The molecule has 0 aromatic heterocycles. The number of hydrogen-bond donors (Lipinski definition) is 0. The highest BCUT2D eigenvalue weighted by atomic mass is 16.6. The number of unbranched alkanes of at least 4 members (excludes halogenated alkanes) is 46. The molecule has 0 saturated heterocycles. The van der Waals surface area contributed by atoms with Gasteiger partial charge in [0.15, 0.2) is 6.10 Å². The van der Waals surface area contributed by atoms with Crippen molar-refractivity contribution in [2.24, 2.45) is 0 Å². The van der Waals surface area contributed by atoms with Crippen molar-refractivity contribution in [3.8, 4) is 0 Å². The minimum Gasteiger partial charge on any atom is -0.462 e. The summed E-state index contributed by atoms with van der Waals surface area (Å²) < 4.78 is 16.8. The number of esters is 3. The van der Waals surface area contributed by atoms with Gasteiger partial charge >= 0.3 is 17.9 Å². The molecule has 6 nitrogen and oxygen atoms in total. The number of rotatable bonds is 59. The fourth-order valence-corrected chi connectivity index (χ4v) is 9.74. The van der Waals surface area contributed by atoms with Crippen molar-refractivity contribution in [2.45, 2.75) is 367 Å². The van der Waals surface area contributed by atoms with Gasteiger partial charge in [0.1, 0.15) is 13.2 Å². The summed E-state index contributed by atoms with van der Waals surface area (Å²) >= 11 is 0. The second kappa shape index (κ2) is 59.7. The number of ether oxygens (including phenoxy) is 3. The van der Waals surface area contributed by atoms with Crippen LogP contribution in [0.2, 0.25) is 0 Å². The predicted molar refractivity (Wildman–Crippen MR) is 303 cm³/mol. The van der Waals surface area contributed by atoms with Crippen molar-refractivity contribution in [1.82, 2.24) is 0 Å². The van der Waals surface area contributed by atoms with Crippen LogP contribution in [0.3, 0.4) is 0 Å². The van der Waals surface area contributed by atoms with Gasteiger partial charge in [0, 0.05) is 19.3 Å². The third kappa shape index (κ3) is 57.1. The third-order valence-electron chi connectivity index (χ3n) is 14.5. The molecule has 0 radical (unpaired) electrons. The van der Waals surface area contributed by atoms with Crippen molar-refractivity contribution < 1.29 is 28.6 Å². The van der Waals surface area contributed by atoms with E-state index in [0.29, 0.717) is 19.3 Å². The summed E-state index contributed by atoms with van der Waals surface area (Å²) in [5.74, 6) is -0.848. The highest BCUT2D eigenvalue weighted by Gasteiger charge is 2.19. The first-order valence-electron chi connectivity index (χ1n) is 31.7. The zero-order valence-electron chi connectivity index (χ0n) is 47.6. The fraction of sp³-hybridized carbons (Fsp3) is 0.922. The lowest BCUT2D eigenvalue weighted by atomic mass is 10.0. The van der Waals surface area contributed by atoms with Crippen LogP contribution in [-0.4, -0.2) is 37.2 Å². The first-order chi connectivity index (χ1) is 34.5. The van der Waals surface area contributed by atoms with Gasteiger partial charge in [-0.1, -0.05) is 309 Å². The third-order valence-corrected chi connectivity index (χ3v) is 14.5. The Kier molecular flexibility index (Phi) is 58.1. The van der Waals surface area contributed by atoms with Crippen LogP contribution in [0.25, 0.3) is 0 Å². The molecule has 0 aliphatic carbocycles. The normalized spacial score (nSPS) is 12.0. The van der Waals surface area contributed by atoms with Gasteiger partial charge in [0.25, 0.3) is 0 Å². The van der Waals surface area contributed by atoms with Crippen molar-refractivity contribution in [3.05, 3.63) is 12.2 Å². The molecule has 0 amide bonds. The van der Waals surface area contributed by atoms with E-state index in [1.165, 1.54) is 263 Å². The lowest BCUT2D eigenvalue weighted by Gasteiger charge is -2.18. The fourth-order valence-electron chi connectivity index (χ4n) is 9.74.